The zero-order valence-electron chi connectivity index (χ0n) is 19.0. The number of alkyl halides is 5. The third-order valence-corrected chi connectivity index (χ3v) is 6.36. The Morgan fingerprint density at radius 3 is 2.34 bits per heavy atom. The molecule has 0 radical (unpaired) electrons. The Hall–Kier alpha value is -2.64. The van der Waals surface area contributed by atoms with Crippen LogP contribution in [0.5, 0.6) is 0 Å². The minimum absolute atomic E-state index is 0.0375. The number of rotatable bonds is 4. The number of benzene rings is 1. The summed E-state index contributed by atoms with van der Waals surface area (Å²) in [7, 11) is 0. The molecule has 2 fully saturated rings. The van der Waals surface area contributed by atoms with Crippen LogP contribution in [0.2, 0.25) is 5.02 Å². The summed E-state index contributed by atoms with van der Waals surface area (Å²) in [6.45, 7) is 5.38. The van der Waals surface area contributed by atoms with Gasteiger partial charge >= 0.3 is 6.18 Å². The lowest BCUT2D eigenvalue weighted by molar-refractivity contribution is -0.165. The summed E-state index contributed by atoms with van der Waals surface area (Å²) in [6.07, 6.45) is -4.84. The maximum atomic E-state index is 13.9. The van der Waals surface area contributed by atoms with E-state index in [9.17, 15) is 22.0 Å². The first-order valence-electron chi connectivity index (χ1n) is 10.8. The van der Waals surface area contributed by atoms with Gasteiger partial charge in [-0.25, -0.2) is 29.6 Å². The van der Waals surface area contributed by atoms with Gasteiger partial charge in [0.1, 0.15) is 5.82 Å². The molecule has 5 rings (SSSR count). The van der Waals surface area contributed by atoms with Crippen LogP contribution >= 0.6 is 11.6 Å². The van der Waals surface area contributed by atoms with E-state index in [1.165, 1.54) is 27.9 Å². The molecule has 2 aromatic heterocycles. The molecule has 0 saturated carbocycles. The molecule has 2 saturated heterocycles. The van der Waals surface area contributed by atoms with Gasteiger partial charge in [0.15, 0.2) is 11.3 Å². The summed E-state index contributed by atoms with van der Waals surface area (Å²) < 4.78 is 67.9. The van der Waals surface area contributed by atoms with Crippen LogP contribution in [0.25, 0.3) is 11.2 Å². The van der Waals surface area contributed by atoms with Crippen LogP contribution in [0.3, 0.4) is 0 Å². The van der Waals surface area contributed by atoms with Crippen molar-refractivity contribution in [3.8, 4) is 0 Å². The Morgan fingerprint density at radius 2 is 1.80 bits per heavy atom. The fourth-order valence-electron chi connectivity index (χ4n) is 3.95. The van der Waals surface area contributed by atoms with Gasteiger partial charge in [-0.1, -0.05) is 44.5 Å². The molecule has 1 aromatic carbocycles. The van der Waals surface area contributed by atoms with Crippen molar-refractivity contribution < 1.29 is 22.0 Å². The molecule has 35 heavy (non-hydrogen) atoms. The fourth-order valence-corrected chi connectivity index (χ4v) is 4.19. The Balaban J connectivity index is 1.50. The summed E-state index contributed by atoms with van der Waals surface area (Å²) in [6, 6.07) is 4.02. The Morgan fingerprint density at radius 1 is 1.09 bits per heavy atom. The van der Waals surface area contributed by atoms with E-state index < -0.39 is 29.7 Å². The van der Waals surface area contributed by atoms with Crippen molar-refractivity contribution in [3.63, 3.8) is 0 Å². The molecule has 2 aliphatic heterocycles. The maximum absolute atomic E-state index is 13.9. The number of nitrogens with one attached hydrogen (secondary N) is 2. The van der Waals surface area contributed by atoms with E-state index in [4.69, 9.17) is 11.6 Å². The Bertz CT molecular complexity index is 1300. The van der Waals surface area contributed by atoms with Gasteiger partial charge in [0.25, 0.3) is 5.92 Å². The first-order valence-corrected chi connectivity index (χ1v) is 11.2. The van der Waals surface area contributed by atoms with Gasteiger partial charge in [-0.15, -0.1) is 10.2 Å². The van der Waals surface area contributed by atoms with Gasteiger partial charge in [0.2, 0.25) is 11.3 Å². The minimum atomic E-state index is -4.55. The first-order chi connectivity index (χ1) is 16.2. The quantitative estimate of drug-likeness (QED) is 0.400. The molecular weight excluding hydrogens is 495 g/mol. The maximum Gasteiger partial charge on any atom is 0.426 e. The van der Waals surface area contributed by atoms with Gasteiger partial charge < -0.3 is 4.90 Å². The molecule has 0 amide bonds. The summed E-state index contributed by atoms with van der Waals surface area (Å²) in [5.41, 5.74) is 2.41. The van der Waals surface area contributed by atoms with Crippen molar-refractivity contribution >= 4 is 28.6 Å². The van der Waals surface area contributed by atoms with E-state index in [0.29, 0.717) is 11.4 Å². The number of halogens is 6. The molecule has 14 heteroatoms. The molecule has 2 aliphatic rings. The summed E-state index contributed by atoms with van der Waals surface area (Å²) in [5, 5.41) is 8.91. The predicted molar refractivity (Wildman–Crippen MR) is 118 cm³/mol. The first kappa shape index (κ1) is 24.1. The number of hydrazine groups is 1. The highest BCUT2D eigenvalue weighted by atomic mass is 35.5. The average molecular weight is 517 g/mol. The summed E-state index contributed by atoms with van der Waals surface area (Å²) >= 11 is 6.30. The highest BCUT2D eigenvalue weighted by Gasteiger charge is 2.65. The molecule has 2 N–H and O–H groups in total. The van der Waals surface area contributed by atoms with E-state index in [1.807, 2.05) is 20.8 Å². The number of nitrogens with zero attached hydrogens (tertiary/aromatic N) is 6. The Labute approximate surface area is 201 Å². The number of anilines is 1. The smallest absolute Gasteiger partial charge is 0.348 e. The van der Waals surface area contributed by atoms with Crippen molar-refractivity contribution in [1.29, 1.82) is 0 Å². The topological polar surface area (TPSA) is 104 Å². The number of hydrogen-bond acceptors (Lipinski definition) is 7. The number of aromatic nitrogens is 5. The SMILES string of the molecule is CC(C)(C)c1nc(N2CCC(F)(F)C2)c2nn(Cc3ccc(C4(C(F)(F)F)NN4)cc3Cl)nc2n1. The number of hydrogen-bond donors (Lipinski definition) is 2. The predicted octanol–water partition coefficient (Wildman–Crippen LogP) is 3.89. The molecule has 0 bridgehead atoms. The van der Waals surface area contributed by atoms with Gasteiger partial charge in [-0.2, -0.15) is 18.0 Å². The van der Waals surface area contributed by atoms with Crippen LogP contribution in [-0.4, -0.2) is 50.2 Å². The molecule has 0 atom stereocenters. The molecule has 3 aromatic rings. The van der Waals surface area contributed by atoms with Crippen molar-refractivity contribution in [2.75, 3.05) is 18.0 Å². The van der Waals surface area contributed by atoms with Gasteiger partial charge in [-0.05, 0) is 17.2 Å². The molecular formula is C21H22ClF5N8. The fraction of sp³-hybridized carbons (Fsp3) is 0.524. The van der Waals surface area contributed by atoms with Crippen LogP contribution in [-0.2, 0) is 17.6 Å². The molecule has 4 heterocycles. The molecule has 8 nitrogen and oxygen atoms in total. The van der Waals surface area contributed by atoms with E-state index >= 15 is 0 Å². The lowest BCUT2D eigenvalue weighted by Gasteiger charge is -2.21. The van der Waals surface area contributed by atoms with Crippen LogP contribution in [0.15, 0.2) is 18.2 Å². The normalized spacial score (nSPS) is 19.5. The standard InChI is InChI=1S/C21H22ClF5N8/c1-18(2,3)17-28-15-14(16(29-17)34-7-6-19(23,24)10-34)30-35(31-15)9-11-4-5-12(8-13(11)22)20(32-33-20)21(25,26)27/h4-5,8,32-33H,6-7,9-10H2,1-3H3. The second-order valence-electron chi connectivity index (χ2n) is 9.85. The molecule has 0 unspecified atom stereocenters. The lowest BCUT2D eigenvalue weighted by atomic mass is 9.96. The molecule has 0 spiro atoms. The van der Waals surface area contributed by atoms with Gasteiger partial charge in [0.05, 0.1) is 13.1 Å². The monoisotopic (exact) mass is 516 g/mol. The zero-order chi connectivity index (χ0) is 25.4. The van der Waals surface area contributed by atoms with Gasteiger partial charge in [-0.3, -0.25) is 0 Å². The van der Waals surface area contributed by atoms with Crippen LogP contribution in [0, 0.1) is 0 Å². The largest absolute Gasteiger partial charge is 0.426 e. The zero-order valence-corrected chi connectivity index (χ0v) is 19.8. The number of fused-ring (bicyclic) bond motifs is 1. The lowest BCUT2D eigenvalue weighted by Crippen LogP contribution is -2.34. The van der Waals surface area contributed by atoms with Crippen molar-refractivity contribution in [3.05, 3.63) is 40.2 Å². The van der Waals surface area contributed by atoms with Gasteiger partial charge in [0, 0.05) is 23.4 Å². The second kappa shape index (κ2) is 7.68. The van der Waals surface area contributed by atoms with E-state index in [1.54, 1.807) is 0 Å². The molecule has 0 aliphatic carbocycles. The van der Waals surface area contributed by atoms with E-state index in [2.05, 4.69) is 31.0 Å². The van der Waals surface area contributed by atoms with Crippen molar-refractivity contribution in [2.24, 2.45) is 0 Å². The summed E-state index contributed by atoms with van der Waals surface area (Å²) in [4.78, 5) is 11.8. The van der Waals surface area contributed by atoms with E-state index in [0.717, 1.165) is 0 Å². The van der Waals surface area contributed by atoms with E-state index in [-0.39, 0.29) is 47.1 Å². The average Bonchev–Trinajstić information content (AvgIpc) is 3.35. The van der Waals surface area contributed by atoms with Crippen molar-refractivity contribution in [1.82, 2.24) is 35.8 Å². The third kappa shape index (κ3) is 4.29. The second-order valence-corrected chi connectivity index (χ2v) is 10.3. The van der Waals surface area contributed by atoms with Crippen LogP contribution in [0.1, 0.15) is 44.1 Å². The highest BCUT2D eigenvalue weighted by Crippen LogP contribution is 2.43. The third-order valence-electron chi connectivity index (χ3n) is 6.01. The van der Waals surface area contributed by atoms with Crippen LogP contribution in [0.4, 0.5) is 27.8 Å². The molecule has 188 valence electrons. The summed E-state index contributed by atoms with van der Waals surface area (Å²) in [5.74, 6) is -2.11. The minimum Gasteiger partial charge on any atom is -0.348 e. The van der Waals surface area contributed by atoms with Crippen molar-refractivity contribution in [2.45, 2.75) is 56.9 Å². The van der Waals surface area contributed by atoms with Crippen LogP contribution < -0.4 is 15.8 Å². The Kier molecular flexibility index (Phi) is 5.28. The highest BCUT2D eigenvalue weighted by molar-refractivity contribution is 6.31.